The van der Waals surface area contributed by atoms with E-state index < -0.39 is 0 Å². The lowest BCUT2D eigenvalue weighted by Crippen LogP contribution is -2.35. The van der Waals surface area contributed by atoms with Crippen LogP contribution in [0.5, 0.6) is 0 Å². The molecular weight excluding hydrogens is 212 g/mol. The first-order valence-corrected chi connectivity index (χ1v) is 6.53. The average molecular weight is 234 g/mol. The maximum atomic E-state index is 5.21. The highest BCUT2D eigenvalue weighted by Crippen LogP contribution is 2.34. The Kier molecular flexibility index (Phi) is 4.51. The van der Waals surface area contributed by atoms with Crippen LogP contribution in [-0.4, -0.2) is 31.3 Å². The van der Waals surface area contributed by atoms with Crippen molar-refractivity contribution in [3.63, 3.8) is 0 Å². The smallest absolute Gasteiger partial charge is 0.0482 e. The summed E-state index contributed by atoms with van der Waals surface area (Å²) in [6.07, 6.45) is 5.36. The van der Waals surface area contributed by atoms with E-state index in [9.17, 15) is 0 Å². The summed E-state index contributed by atoms with van der Waals surface area (Å²) in [6, 6.07) is 4.75. The number of aromatic nitrogens is 1. The summed E-state index contributed by atoms with van der Waals surface area (Å²) < 4.78 is 5.21. The van der Waals surface area contributed by atoms with Crippen LogP contribution >= 0.6 is 0 Å². The maximum absolute atomic E-state index is 5.21. The fraction of sp³-hybridized carbons (Fsp3) is 0.643. The molecule has 2 unspecified atom stereocenters. The molecule has 0 aromatic carbocycles. The number of rotatable bonds is 6. The van der Waals surface area contributed by atoms with Gasteiger partial charge in [-0.15, -0.1) is 0 Å². The molecule has 94 valence electrons. The second-order valence-electron chi connectivity index (χ2n) is 4.64. The zero-order valence-corrected chi connectivity index (χ0v) is 10.8. The molecule has 17 heavy (non-hydrogen) atoms. The van der Waals surface area contributed by atoms with Crippen molar-refractivity contribution in [1.29, 1.82) is 0 Å². The topological polar surface area (TPSA) is 34.1 Å². The van der Waals surface area contributed by atoms with E-state index in [-0.39, 0.29) is 0 Å². The van der Waals surface area contributed by atoms with Crippen molar-refractivity contribution in [3.8, 4) is 0 Å². The van der Waals surface area contributed by atoms with E-state index in [1.165, 1.54) is 24.1 Å². The Morgan fingerprint density at radius 3 is 3.24 bits per heavy atom. The van der Waals surface area contributed by atoms with Gasteiger partial charge < -0.3 is 10.1 Å². The number of methoxy groups -OCH3 is 1. The lowest BCUT2D eigenvalue weighted by molar-refractivity contribution is 0.177. The number of hydrogen-bond donors (Lipinski definition) is 1. The molecule has 0 spiro atoms. The van der Waals surface area contributed by atoms with Gasteiger partial charge in [0, 0.05) is 37.6 Å². The van der Waals surface area contributed by atoms with Crippen molar-refractivity contribution in [2.24, 2.45) is 0 Å². The van der Waals surface area contributed by atoms with Crippen molar-refractivity contribution in [2.75, 3.05) is 20.3 Å². The fourth-order valence-electron chi connectivity index (χ4n) is 2.79. The molecule has 3 nitrogen and oxygen atoms in total. The maximum Gasteiger partial charge on any atom is 0.0482 e. The fourth-order valence-corrected chi connectivity index (χ4v) is 2.79. The van der Waals surface area contributed by atoms with Gasteiger partial charge in [0.1, 0.15) is 0 Å². The number of ether oxygens (including phenoxy) is 1. The molecule has 3 heteroatoms. The van der Waals surface area contributed by atoms with Gasteiger partial charge >= 0.3 is 0 Å². The highest BCUT2D eigenvalue weighted by molar-refractivity contribution is 5.29. The Bertz CT molecular complexity index is 354. The van der Waals surface area contributed by atoms with Gasteiger partial charge in [0.05, 0.1) is 0 Å². The summed E-state index contributed by atoms with van der Waals surface area (Å²) in [6.45, 7) is 3.98. The van der Waals surface area contributed by atoms with Crippen molar-refractivity contribution in [2.45, 2.75) is 38.1 Å². The number of likely N-dealkylation sites (N-methyl/N-ethyl adjacent to an activating group) is 1. The number of aryl methyl sites for hydroxylation is 1. The van der Waals surface area contributed by atoms with Crippen molar-refractivity contribution >= 4 is 0 Å². The van der Waals surface area contributed by atoms with E-state index in [4.69, 9.17) is 4.74 Å². The Morgan fingerprint density at radius 1 is 1.59 bits per heavy atom. The number of pyridine rings is 1. The van der Waals surface area contributed by atoms with Gasteiger partial charge in [-0.1, -0.05) is 13.0 Å². The predicted octanol–water partition coefficient (Wildman–Crippen LogP) is 2.13. The minimum absolute atomic E-state index is 0.496. The Hall–Kier alpha value is -0.930. The molecule has 0 bridgehead atoms. The second-order valence-corrected chi connectivity index (χ2v) is 4.64. The van der Waals surface area contributed by atoms with E-state index >= 15 is 0 Å². The first kappa shape index (κ1) is 12.5. The van der Waals surface area contributed by atoms with E-state index in [0.29, 0.717) is 12.0 Å². The quantitative estimate of drug-likeness (QED) is 0.818. The first-order chi connectivity index (χ1) is 8.36. The van der Waals surface area contributed by atoms with E-state index in [0.717, 1.165) is 19.6 Å². The van der Waals surface area contributed by atoms with Gasteiger partial charge in [0.2, 0.25) is 0 Å². The van der Waals surface area contributed by atoms with Gasteiger partial charge in [0.25, 0.3) is 0 Å². The second kappa shape index (κ2) is 6.12. The van der Waals surface area contributed by atoms with Crippen LogP contribution in [0.4, 0.5) is 0 Å². The Balaban J connectivity index is 2.09. The summed E-state index contributed by atoms with van der Waals surface area (Å²) in [5.74, 6) is 0.557. The number of nitrogens with zero attached hydrogens (tertiary/aromatic N) is 1. The average Bonchev–Trinajstić information content (AvgIpc) is 2.78. The molecule has 2 rings (SSSR count). The molecule has 1 aromatic heterocycles. The van der Waals surface area contributed by atoms with Crippen LogP contribution in [0.15, 0.2) is 18.3 Å². The summed E-state index contributed by atoms with van der Waals surface area (Å²) in [5.41, 5.74) is 2.73. The summed E-state index contributed by atoms with van der Waals surface area (Å²) >= 11 is 0. The molecule has 0 saturated heterocycles. The number of fused-ring (bicyclic) bond motifs is 1. The summed E-state index contributed by atoms with van der Waals surface area (Å²) in [7, 11) is 1.77. The normalized spacial score (nSPS) is 20.2. The van der Waals surface area contributed by atoms with Crippen LogP contribution in [0.2, 0.25) is 0 Å². The van der Waals surface area contributed by atoms with Gasteiger partial charge in [-0.3, -0.25) is 4.98 Å². The van der Waals surface area contributed by atoms with Crippen LogP contribution in [-0.2, 0) is 11.2 Å². The molecule has 1 aliphatic carbocycles. The van der Waals surface area contributed by atoms with Crippen molar-refractivity contribution in [1.82, 2.24) is 10.3 Å². The zero-order valence-electron chi connectivity index (χ0n) is 10.8. The van der Waals surface area contributed by atoms with E-state index in [1.807, 2.05) is 12.3 Å². The Labute approximate surface area is 104 Å². The van der Waals surface area contributed by atoms with Crippen LogP contribution < -0.4 is 5.32 Å². The number of hydrogen-bond acceptors (Lipinski definition) is 3. The van der Waals surface area contributed by atoms with Crippen molar-refractivity contribution < 1.29 is 4.74 Å². The van der Waals surface area contributed by atoms with Gasteiger partial charge in [0.15, 0.2) is 0 Å². The molecule has 0 amide bonds. The monoisotopic (exact) mass is 234 g/mol. The van der Waals surface area contributed by atoms with E-state index in [1.54, 1.807) is 7.11 Å². The largest absolute Gasteiger partial charge is 0.385 e. The molecule has 0 radical (unpaired) electrons. The highest BCUT2D eigenvalue weighted by Gasteiger charge is 2.29. The third kappa shape index (κ3) is 2.85. The molecule has 1 aromatic rings. The highest BCUT2D eigenvalue weighted by atomic mass is 16.5. The Morgan fingerprint density at radius 2 is 2.47 bits per heavy atom. The molecular formula is C14H22N2O. The van der Waals surface area contributed by atoms with Crippen LogP contribution in [0.3, 0.4) is 0 Å². The van der Waals surface area contributed by atoms with Crippen LogP contribution in [0, 0.1) is 0 Å². The lowest BCUT2D eigenvalue weighted by atomic mass is 9.94. The van der Waals surface area contributed by atoms with Crippen LogP contribution in [0.1, 0.15) is 36.9 Å². The standard InChI is InChI=1S/C14H22N2O/c1-3-15-13(8-10-17-2)12-7-6-11-5-4-9-16-14(11)12/h4-5,9,12-13,15H,3,6-8,10H2,1-2H3. The van der Waals surface area contributed by atoms with Crippen molar-refractivity contribution in [3.05, 3.63) is 29.6 Å². The molecule has 0 aliphatic heterocycles. The molecule has 2 atom stereocenters. The van der Waals surface area contributed by atoms with E-state index in [2.05, 4.69) is 23.3 Å². The first-order valence-electron chi connectivity index (χ1n) is 6.53. The predicted molar refractivity (Wildman–Crippen MR) is 69.3 cm³/mol. The molecule has 1 N–H and O–H groups in total. The minimum Gasteiger partial charge on any atom is -0.385 e. The SMILES string of the molecule is CCNC(CCOC)C1CCc2cccnc21. The van der Waals surface area contributed by atoms with Gasteiger partial charge in [-0.2, -0.15) is 0 Å². The third-order valence-corrected chi connectivity index (χ3v) is 3.59. The molecule has 1 aliphatic rings. The minimum atomic E-state index is 0.496. The number of nitrogens with one attached hydrogen (secondary N) is 1. The molecule has 0 fully saturated rings. The van der Waals surface area contributed by atoms with Gasteiger partial charge in [-0.05, 0) is 37.4 Å². The third-order valence-electron chi connectivity index (χ3n) is 3.59. The van der Waals surface area contributed by atoms with Crippen LogP contribution in [0.25, 0.3) is 0 Å². The van der Waals surface area contributed by atoms with Gasteiger partial charge in [-0.25, -0.2) is 0 Å². The summed E-state index contributed by atoms with van der Waals surface area (Å²) in [5, 5.41) is 3.58. The molecule has 0 saturated carbocycles. The molecule has 1 heterocycles. The zero-order chi connectivity index (χ0) is 12.1. The lowest BCUT2D eigenvalue weighted by Gasteiger charge is -2.24. The summed E-state index contributed by atoms with van der Waals surface area (Å²) in [4.78, 5) is 4.57.